The number of amides is 1. The van der Waals surface area contributed by atoms with Gasteiger partial charge in [0.15, 0.2) is 0 Å². The summed E-state index contributed by atoms with van der Waals surface area (Å²) in [5.74, 6) is 0.680. The number of tetrazole rings is 1. The fraction of sp³-hybridized carbons (Fsp3) is 0.467. The summed E-state index contributed by atoms with van der Waals surface area (Å²) in [6, 6.07) is 8.06. The lowest BCUT2D eigenvalue weighted by atomic mass is 10.1. The lowest BCUT2D eigenvalue weighted by Crippen LogP contribution is -2.51. The van der Waals surface area contributed by atoms with E-state index in [0.717, 1.165) is 25.1 Å². The zero-order valence-corrected chi connectivity index (χ0v) is 12.9. The van der Waals surface area contributed by atoms with E-state index in [1.54, 1.807) is 4.90 Å². The Morgan fingerprint density at radius 3 is 2.65 bits per heavy atom. The van der Waals surface area contributed by atoms with Gasteiger partial charge in [0, 0.05) is 31.7 Å². The Bertz CT molecular complexity index is 628. The van der Waals surface area contributed by atoms with Crippen LogP contribution >= 0.6 is 0 Å². The molecule has 1 aliphatic rings. The first kappa shape index (κ1) is 15.6. The SMILES string of the molecule is O=C1CN(CCc2ccc(-c3nn[nH]n3)cc2)CCN1CCO. The maximum absolute atomic E-state index is 11.9. The number of carbonyl (C=O) groups excluding carboxylic acids is 1. The Morgan fingerprint density at radius 1 is 1.17 bits per heavy atom. The lowest BCUT2D eigenvalue weighted by molar-refractivity contribution is -0.136. The molecule has 1 aliphatic heterocycles. The van der Waals surface area contributed by atoms with Gasteiger partial charge in [0.1, 0.15) is 0 Å². The van der Waals surface area contributed by atoms with Crippen molar-refractivity contribution in [3.05, 3.63) is 29.8 Å². The maximum Gasteiger partial charge on any atom is 0.236 e. The summed E-state index contributed by atoms with van der Waals surface area (Å²) < 4.78 is 0. The number of nitrogens with zero attached hydrogens (tertiary/aromatic N) is 5. The Morgan fingerprint density at radius 2 is 2.00 bits per heavy atom. The normalized spacial score (nSPS) is 16.0. The third-order valence-corrected chi connectivity index (χ3v) is 4.04. The van der Waals surface area contributed by atoms with Crippen LogP contribution in [0.5, 0.6) is 0 Å². The molecule has 1 saturated heterocycles. The van der Waals surface area contributed by atoms with Gasteiger partial charge in [-0.25, -0.2) is 0 Å². The Labute approximate surface area is 134 Å². The standard InChI is InChI=1S/C15H20N6O2/c22-10-9-21-8-7-20(11-14(21)23)6-5-12-1-3-13(4-2-12)15-16-18-19-17-15/h1-4,22H,5-11H2,(H,16,17,18,19). The van der Waals surface area contributed by atoms with Crippen LogP contribution in [0.15, 0.2) is 24.3 Å². The summed E-state index contributed by atoms with van der Waals surface area (Å²) in [6.07, 6.45) is 0.889. The van der Waals surface area contributed by atoms with Crippen molar-refractivity contribution < 1.29 is 9.90 Å². The van der Waals surface area contributed by atoms with Gasteiger partial charge in [-0.05, 0) is 17.2 Å². The van der Waals surface area contributed by atoms with E-state index in [9.17, 15) is 4.79 Å². The summed E-state index contributed by atoms with van der Waals surface area (Å²) >= 11 is 0. The van der Waals surface area contributed by atoms with Crippen LogP contribution in [0.4, 0.5) is 0 Å². The molecule has 0 atom stereocenters. The predicted molar refractivity (Wildman–Crippen MR) is 83.4 cm³/mol. The molecule has 0 saturated carbocycles. The van der Waals surface area contributed by atoms with Crippen LogP contribution in [0.25, 0.3) is 11.4 Å². The number of H-pyrrole nitrogens is 1. The molecule has 1 amide bonds. The van der Waals surface area contributed by atoms with Crippen LogP contribution < -0.4 is 0 Å². The van der Waals surface area contributed by atoms with Gasteiger partial charge in [-0.3, -0.25) is 9.69 Å². The van der Waals surface area contributed by atoms with Gasteiger partial charge in [0.05, 0.1) is 13.2 Å². The van der Waals surface area contributed by atoms with Crippen LogP contribution in [-0.2, 0) is 11.2 Å². The molecule has 3 rings (SSSR count). The highest BCUT2D eigenvalue weighted by Crippen LogP contribution is 2.14. The van der Waals surface area contributed by atoms with E-state index in [0.29, 0.717) is 25.5 Å². The molecule has 0 radical (unpaired) electrons. The van der Waals surface area contributed by atoms with Crippen molar-refractivity contribution in [3.63, 3.8) is 0 Å². The first-order chi connectivity index (χ1) is 11.3. The Kier molecular flexibility index (Phi) is 4.94. The zero-order valence-electron chi connectivity index (χ0n) is 12.9. The van der Waals surface area contributed by atoms with E-state index in [2.05, 4.69) is 37.7 Å². The van der Waals surface area contributed by atoms with Crippen LogP contribution in [0.2, 0.25) is 0 Å². The molecule has 0 bridgehead atoms. The predicted octanol–water partition coefficient (Wildman–Crippen LogP) is -0.454. The van der Waals surface area contributed by atoms with Crippen molar-refractivity contribution in [2.75, 3.05) is 39.3 Å². The smallest absolute Gasteiger partial charge is 0.236 e. The van der Waals surface area contributed by atoms with Crippen molar-refractivity contribution in [1.29, 1.82) is 0 Å². The molecule has 122 valence electrons. The molecule has 0 unspecified atom stereocenters. The summed E-state index contributed by atoms with van der Waals surface area (Å²) in [6.45, 7) is 3.28. The van der Waals surface area contributed by atoms with Crippen LogP contribution in [0.1, 0.15) is 5.56 Å². The number of carbonyl (C=O) groups is 1. The summed E-state index contributed by atoms with van der Waals surface area (Å²) in [4.78, 5) is 15.8. The zero-order chi connectivity index (χ0) is 16.1. The van der Waals surface area contributed by atoms with E-state index in [4.69, 9.17) is 5.11 Å². The summed E-state index contributed by atoms with van der Waals surface area (Å²) in [5.41, 5.74) is 2.14. The number of benzene rings is 1. The second-order valence-corrected chi connectivity index (χ2v) is 5.56. The minimum Gasteiger partial charge on any atom is -0.395 e. The molecule has 23 heavy (non-hydrogen) atoms. The minimum atomic E-state index is 0.0263. The number of rotatable bonds is 6. The third-order valence-electron chi connectivity index (χ3n) is 4.04. The number of aliphatic hydroxyl groups is 1. The van der Waals surface area contributed by atoms with E-state index in [-0.39, 0.29) is 12.5 Å². The molecule has 1 aromatic carbocycles. The number of aromatic nitrogens is 4. The highest BCUT2D eigenvalue weighted by Gasteiger charge is 2.22. The fourth-order valence-corrected chi connectivity index (χ4v) is 2.70. The number of hydrogen-bond donors (Lipinski definition) is 2. The van der Waals surface area contributed by atoms with Gasteiger partial charge < -0.3 is 10.0 Å². The number of piperazine rings is 1. The molecule has 8 heteroatoms. The van der Waals surface area contributed by atoms with Crippen molar-refractivity contribution >= 4 is 5.91 Å². The number of nitrogens with one attached hydrogen (secondary N) is 1. The largest absolute Gasteiger partial charge is 0.395 e. The van der Waals surface area contributed by atoms with Gasteiger partial charge in [-0.15, -0.1) is 10.2 Å². The van der Waals surface area contributed by atoms with Crippen LogP contribution in [0.3, 0.4) is 0 Å². The number of aromatic amines is 1. The number of β-amino-alcohol motifs (C(OH)–C–C–N with tert-alkyl or cyclic N) is 1. The highest BCUT2D eigenvalue weighted by molar-refractivity contribution is 5.79. The van der Waals surface area contributed by atoms with Crippen molar-refractivity contribution in [2.45, 2.75) is 6.42 Å². The monoisotopic (exact) mass is 316 g/mol. The van der Waals surface area contributed by atoms with Crippen molar-refractivity contribution in [1.82, 2.24) is 30.4 Å². The van der Waals surface area contributed by atoms with E-state index < -0.39 is 0 Å². The molecule has 1 fully saturated rings. The molecule has 1 aromatic heterocycles. The number of hydrogen-bond acceptors (Lipinski definition) is 6. The Balaban J connectivity index is 1.50. The molecule has 2 N–H and O–H groups in total. The van der Waals surface area contributed by atoms with Crippen molar-refractivity contribution in [3.8, 4) is 11.4 Å². The summed E-state index contributed by atoms with van der Waals surface area (Å²) in [5, 5.41) is 22.8. The fourth-order valence-electron chi connectivity index (χ4n) is 2.70. The van der Waals surface area contributed by atoms with Gasteiger partial charge in [-0.1, -0.05) is 24.3 Å². The molecule has 0 spiro atoms. The topological polar surface area (TPSA) is 98.2 Å². The van der Waals surface area contributed by atoms with Crippen molar-refractivity contribution in [2.24, 2.45) is 0 Å². The average Bonchev–Trinajstić information content (AvgIpc) is 3.10. The second kappa shape index (κ2) is 7.30. The quantitative estimate of drug-likeness (QED) is 0.749. The van der Waals surface area contributed by atoms with Crippen LogP contribution in [-0.4, -0.2) is 80.8 Å². The molecule has 8 nitrogen and oxygen atoms in total. The Hall–Kier alpha value is -2.32. The van der Waals surface area contributed by atoms with Gasteiger partial charge in [0.2, 0.25) is 11.7 Å². The first-order valence-corrected chi connectivity index (χ1v) is 7.70. The molecule has 0 aliphatic carbocycles. The molecule has 2 aromatic rings. The van der Waals surface area contributed by atoms with E-state index in [1.807, 2.05) is 12.1 Å². The lowest BCUT2D eigenvalue weighted by Gasteiger charge is -2.33. The van der Waals surface area contributed by atoms with Gasteiger partial charge >= 0.3 is 0 Å². The van der Waals surface area contributed by atoms with Gasteiger partial charge in [-0.2, -0.15) is 5.21 Å². The number of aliphatic hydroxyl groups excluding tert-OH is 1. The molecule has 2 heterocycles. The average molecular weight is 316 g/mol. The van der Waals surface area contributed by atoms with Gasteiger partial charge in [0.25, 0.3) is 0 Å². The third kappa shape index (κ3) is 3.91. The summed E-state index contributed by atoms with van der Waals surface area (Å²) in [7, 11) is 0. The minimum absolute atomic E-state index is 0.0263. The molecular formula is C15H20N6O2. The maximum atomic E-state index is 11.9. The van der Waals surface area contributed by atoms with E-state index >= 15 is 0 Å². The van der Waals surface area contributed by atoms with E-state index in [1.165, 1.54) is 5.56 Å². The molecular weight excluding hydrogens is 296 g/mol. The first-order valence-electron chi connectivity index (χ1n) is 7.70. The van der Waals surface area contributed by atoms with Crippen LogP contribution in [0, 0.1) is 0 Å². The second-order valence-electron chi connectivity index (χ2n) is 5.56. The highest BCUT2D eigenvalue weighted by atomic mass is 16.3.